The maximum absolute atomic E-state index is 6.89. The third-order valence-corrected chi connectivity index (χ3v) is 7.59. The van der Waals surface area contributed by atoms with Crippen LogP contribution in [-0.2, 0) is 13.0 Å². The number of nitrogens with zero attached hydrogens (tertiary/aromatic N) is 6. The van der Waals surface area contributed by atoms with Crippen molar-refractivity contribution >= 4 is 22.8 Å². The largest absolute Gasteiger partial charge is 0.470 e. The van der Waals surface area contributed by atoms with Crippen LogP contribution in [0.15, 0.2) is 42.9 Å². The van der Waals surface area contributed by atoms with Crippen molar-refractivity contribution < 1.29 is 4.74 Å². The topological polar surface area (TPSA) is 69.0 Å². The highest BCUT2D eigenvalue weighted by molar-refractivity contribution is 6.33. The Labute approximate surface area is 216 Å². The number of halogens is 1. The number of aromatic nitrogens is 5. The zero-order valence-electron chi connectivity index (χ0n) is 20.9. The Kier molecular flexibility index (Phi) is 6.13. The van der Waals surface area contributed by atoms with Gasteiger partial charge in [0.05, 0.1) is 17.3 Å². The molecule has 6 rings (SSSR count). The Balaban J connectivity index is 1.39. The molecule has 0 amide bonds. The second-order valence-electron chi connectivity index (χ2n) is 10.4. The minimum Gasteiger partial charge on any atom is -0.470 e. The molecule has 1 aromatic carbocycles. The number of benzene rings is 1. The lowest BCUT2D eigenvalue weighted by Crippen LogP contribution is -2.21. The van der Waals surface area contributed by atoms with E-state index >= 15 is 0 Å². The van der Waals surface area contributed by atoms with E-state index in [4.69, 9.17) is 21.3 Å². The van der Waals surface area contributed by atoms with Crippen LogP contribution in [-0.4, -0.2) is 54.6 Å². The highest BCUT2D eigenvalue weighted by Gasteiger charge is 2.41. The Morgan fingerprint density at radius 3 is 2.64 bits per heavy atom. The molecule has 186 valence electrons. The number of aryl methyl sites for hydroxylation is 1. The van der Waals surface area contributed by atoms with Crippen molar-refractivity contribution in [1.29, 1.82) is 0 Å². The van der Waals surface area contributed by atoms with Gasteiger partial charge in [0.2, 0.25) is 5.88 Å². The smallest absolute Gasteiger partial charge is 0.245 e. The summed E-state index contributed by atoms with van der Waals surface area (Å²) in [7, 11) is 0. The lowest BCUT2D eigenvalue weighted by atomic mass is 10.1. The predicted octanol–water partition coefficient (Wildman–Crippen LogP) is 5.47. The first-order valence-electron chi connectivity index (χ1n) is 12.8. The molecule has 8 heteroatoms. The number of hydrogen-bond donors (Lipinski definition) is 0. The van der Waals surface area contributed by atoms with Crippen molar-refractivity contribution in [3.63, 3.8) is 0 Å². The number of imidazole rings is 1. The molecule has 0 bridgehead atoms. The first-order chi connectivity index (χ1) is 17.5. The number of fused-ring (bicyclic) bond motifs is 1. The van der Waals surface area contributed by atoms with E-state index in [9.17, 15) is 0 Å². The van der Waals surface area contributed by atoms with Crippen LogP contribution in [0.3, 0.4) is 0 Å². The molecule has 0 unspecified atom stereocenters. The van der Waals surface area contributed by atoms with E-state index in [-0.39, 0.29) is 5.60 Å². The second-order valence-corrected chi connectivity index (χ2v) is 10.8. The first-order valence-corrected chi connectivity index (χ1v) is 13.2. The molecular weight excluding hydrogens is 472 g/mol. The van der Waals surface area contributed by atoms with Gasteiger partial charge in [-0.3, -0.25) is 4.98 Å². The Morgan fingerprint density at radius 2 is 1.89 bits per heavy atom. The minimum absolute atomic E-state index is 0.169. The maximum Gasteiger partial charge on any atom is 0.245 e. The molecule has 1 aliphatic heterocycles. The fraction of sp³-hybridized carbons (Fsp3) is 0.429. The lowest BCUT2D eigenvalue weighted by Gasteiger charge is -2.15. The molecule has 0 atom stereocenters. The van der Waals surface area contributed by atoms with E-state index in [1.165, 1.54) is 31.5 Å². The van der Waals surface area contributed by atoms with Gasteiger partial charge in [-0.15, -0.1) is 0 Å². The van der Waals surface area contributed by atoms with Crippen LogP contribution in [0.1, 0.15) is 49.4 Å². The molecule has 3 aromatic heterocycles. The van der Waals surface area contributed by atoms with Crippen molar-refractivity contribution in [2.75, 3.05) is 19.6 Å². The SMILES string of the molecule is Cc1ccnc(Cn2c(-c3ccc(CCN4CCCC4)cc3Cl)nc3c(OC4(C)CC4)ncnc32)c1. The molecule has 1 saturated carbocycles. The number of hydrogen-bond acceptors (Lipinski definition) is 6. The summed E-state index contributed by atoms with van der Waals surface area (Å²) >= 11 is 6.89. The van der Waals surface area contributed by atoms with Crippen molar-refractivity contribution in [2.24, 2.45) is 0 Å². The summed E-state index contributed by atoms with van der Waals surface area (Å²) in [5.41, 5.74) is 5.41. The van der Waals surface area contributed by atoms with Crippen molar-refractivity contribution in [3.8, 4) is 17.3 Å². The van der Waals surface area contributed by atoms with Crippen LogP contribution in [0.2, 0.25) is 5.02 Å². The van der Waals surface area contributed by atoms with E-state index in [1.54, 1.807) is 6.33 Å². The zero-order valence-corrected chi connectivity index (χ0v) is 21.6. The van der Waals surface area contributed by atoms with Crippen LogP contribution in [0, 0.1) is 6.92 Å². The highest BCUT2D eigenvalue weighted by Crippen LogP contribution is 2.41. The second kappa shape index (κ2) is 9.45. The minimum atomic E-state index is -0.169. The molecule has 1 saturated heterocycles. The van der Waals surface area contributed by atoms with Crippen LogP contribution >= 0.6 is 11.6 Å². The fourth-order valence-corrected chi connectivity index (χ4v) is 5.18. The van der Waals surface area contributed by atoms with Gasteiger partial charge in [0.15, 0.2) is 11.2 Å². The highest BCUT2D eigenvalue weighted by atomic mass is 35.5. The summed E-state index contributed by atoms with van der Waals surface area (Å²) in [6, 6.07) is 10.4. The summed E-state index contributed by atoms with van der Waals surface area (Å²) in [6.45, 7) is 8.17. The number of likely N-dealkylation sites (tertiary alicyclic amines) is 1. The molecular formula is C28H31ClN6O. The Hall–Kier alpha value is -3.03. The number of pyridine rings is 1. The molecule has 4 heterocycles. The zero-order chi connectivity index (χ0) is 24.7. The molecule has 4 aromatic rings. The monoisotopic (exact) mass is 502 g/mol. The number of rotatable bonds is 8. The molecule has 2 fully saturated rings. The van der Waals surface area contributed by atoms with Gasteiger partial charge >= 0.3 is 0 Å². The average Bonchev–Trinajstić information content (AvgIpc) is 3.23. The van der Waals surface area contributed by atoms with Crippen molar-refractivity contribution in [2.45, 2.75) is 58.1 Å². The first kappa shape index (κ1) is 23.4. The van der Waals surface area contributed by atoms with Crippen LogP contribution in [0.5, 0.6) is 5.88 Å². The average molecular weight is 503 g/mol. The van der Waals surface area contributed by atoms with E-state index in [0.717, 1.165) is 54.1 Å². The molecule has 0 N–H and O–H groups in total. The van der Waals surface area contributed by atoms with Gasteiger partial charge in [0, 0.05) is 18.3 Å². The molecule has 0 spiro atoms. The van der Waals surface area contributed by atoms with Crippen molar-refractivity contribution in [3.05, 3.63) is 64.7 Å². The molecule has 7 nitrogen and oxygen atoms in total. The summed E-state index contributed by atoms with van der Waals surface area (Å²) in [5.74, 6) is 1.27. The van der Waals surface area contributed by atoms with Crippen LogP contribution in [0.25, 0.3) is 22.6 Å². The lowest BCUT2D eigenvalue weighted by molar-refractivity contribution is 0.194. The van der Waals surface area contributed by atoms with E-state index in [1.807, 2.05) is 12.3 Å². The van der Waals surface area contributed by atoms with Gasteiger partial charge in [0.25, 0.3) is 0 Å². The molecule has 2 aliphatic rings. The van der Waals surface area contributed by atoms with Gasteiger partial charge in [-0.25, -0.2) is 9.97 Å². The van der Waals surface area contributed by atoms with Gasteiger partial charge in [-0.1, -0.05) is 17.7 Å². The molecule has 0 radical (unpaired) electrons. The summed E-state index contributed by atoms with van der Waals surface area (Å²) in [5, 5.41) is 0.687. The normalized spacial score (nSPS) is 17.1. The number of ether oxygens (including phenoxy) is 1. The third kappa shape index (κ3) is 4.82. The predicted molar refractivity (Wildman–Crippen MR) is 141 cm³/mol. The third-order valence-electron chi connectivity index (χ3n) is 7.28. The molecule has 36 heavy (non-hydrogen) atoms. The summed E-state index contributed by atoms with van der Waals surface area (Å²) in [4.78, 5) is 21.2. The van der Waals surface area contributed by atoms with E-state index in [0.29, 0.717) is 23.0 Å². The summed E-state index contributed by atoms with van der Waals surface area (Å²) in [6.07, 6.45) is 9.03. The van der Waals surface area contributed by atoms with Crippen molar-refractivity contribution in [1.82, 2.24) is 29.4 Å². The van der Waals surface area contributed by atoms with E-state index in [2.05, 4.69) is 62.5 Å². The van der Waals surface area contributed by atoms with E-state index < -0.39 is 0 Å². The Morgan fingerprint density at radius 1 is 1.06 bits per heavy atom. The fourth-order valence-electron chi connectivity index (χ4n) is 4.89. The maximum atomic E-state index is 6.89. The standard InChI is InChI=1S/C28H31ClN6O/c1-19-7-11-30-21(15-19)17-35-25(33-24-26(35)31-18-32-27(24)36-28(2)9-10-28)22-6-5-20(16-23(22)29)8-14-34-12-3-4-13-34/h5-7,11,15-16,18H,3-4,8-10,12-14,17H2,1-2H3. The molecule has 1 aliphatic carbocycles. The summed E-state index contributed by atoms with van der Waals surface area (Å²) < 4.78 is 8.32. The quantitative estimate of drug-likeness (QED) is 0.318. The van der Waals surface area contributed by atoms with Crippen LogP contribution in [0.4, 0.5) is 0 Å². The van der Waals surface area contributed by atoms with Gasteiger partial charge < -0.3 is 14.2 Å². The van der Waals surface area contributed by atoms with Gasteiger partial charge in [-0.05, 0) is 94.4 Å². The Bertz CT molecular complexity index is 1410. The van der Waals surface area contributed by atoms with Crippen LogP contribution < -0.4 is 4.74 Å². The van der Waals surface area contributed by atoms with Gasteiger partial charge in [-0.2, -0.15) is 4.98 Å². The van der Waals surface area contributed by atoms with Gasteiger partial charge in [0.1, 0.15) is 17.8 Å².